The number of morpholine rings is 1. The molecule has 0 amide bonds. The summed E-state index contributed by atoms with van der Waals surface area (Å²) in [6.07, 6.45) is 1.06. The van der Waals surface area contributed by atoms with Gasteiger partial charge in [-0.25, -0.2) is 4.39 Å². The lowest BCUT2D eigenvalue weighted by molar-refractivity contribution is 0.0170. The summed E-state index contributed by atoms with van der Waals surface area (Å²) in [5.41, 5.74) is 1.10. The first-order chi connectivity index (χ1) is 14.4. The van der Waals surface area contributed by atoms with E-state index in [9.17, 15) is 4.39 Å². The highest BCUT2D eigenvalue weighted by Gasteiger charge is 2.23. The molecule has 1 fully saturated rings. The van der Waals surface area contributed by atoms with E-state index in [4.69, 9.17) is 4.74 Å². The van der Waals surface area contributed by atoms with Crippen LogP contribution in [0, 0.1) is 5.82 Å². The second-order valence-electron chi connectivity index (χ2n) is 8.37. The van der Waals surface area contributed by atoms with Gasteiger partial charge >= 0.3 is 0 Å². The number of hydrogen-bond donors (Lipinski definition) is 2. The zero-order chi connectivity index (χ0) is 21.9. The zero-order valence-corrected chi connectivity index (χ0v) is 22.1. The van der Waals surface area contributed by atoms with Gasteiger partial charge in [0.2, 0.25) is 0 Å². The average Bonchev–Trinajstić information content (AvgIpc) is 2.73. The monoisotopic (exact) mass is 549 g/mol. The van der Waals surface area contributed by atoms with Gasteiger partial charge in [0.05, 0.1) is 19.3 Å². The van der Waals surface area contributed by atoms with Crippen LogP contribution in [-0.4, -0.2) is 80.8 Å². The number of guanidine groups is 1. The van der Waals surface area contributed by atoms with Gasteiger partial charge in [0.15, 0.2) is 5.96 Å². The van der Waals surface area contributed by atoms with Gasteiger partial charge in [-0.05, 0) is 51.8 Å². The van der Waals surface area contributed by atoms with Crippen molar-refractivity contribution in [1.82, 2.24) is 20.4 Å². The number of nitrogens with zero attached hydrogens (tertiary/aromatic N) is 3. The van der Waals surface area contributed by atoms with Gasteiger partial charge in [-0.15, -0.1) is 24.0 Å². The van der Waals surface area contributed by atoms with Crippen LogP contribution in [-0.2, 0) is 4.74 Å². The Kier molecular flexibility index (Phi) is 13.6. The van der Waals surface area contributed by atoms with Crippen LogP contribution in [0.2, 0.25) is 0 Å². The molecular formula is C23H41FIN5O. The summed E-state index contributed by atoms with van der Waals surface area (Å²) >= 11 is 0. The Labute approximate surface area is 205 Å². The van der Waals surface area contributed by atoms with Crippen molar-refractivity contribution < 1.29 is 9.13 Å². The highest BCUT2D eigenvalue weighted by molar-refractivity contribution is 14.0. The molecule has 1 atom stereocenters. The Morgan fingerprint density at radius 1 is 1.10 bits per heavy atom. The highest BCUT2D eigenvalue weighted by atomic mass is 127. The van der Waals surface area contributed by atoms with Gasteiger partial charge in [-0.1, -0.05) is 12.1 Å². The van der Waals surface area contributed by atoms with Crippen molar-refractivity contribution in [2.75, 3.05) is 53.0 Å². The largest absolute Gasteiger partial charge is 0.379 e. The van der Waals surface area contributed by atoms with E-state index in [-0.39, 0.29) is 35.8 Å². The second kappa shape index (κ2) is 15.0. The molecule has 1 heterocycles. The molecule has 2 N–H and O–H groups in total. The molecule has 1 aliphatic rings. The molecule has 0 saturated carbocycles. The van der Waals surface area contributed by atoms with Crippen molar-refractivity contribution in [3.8, 4) is 0 Å². The first-order valence-electron chi connectivity index (χ1n) is 11.2. The van der Waals surface area contributed by atoms with E-state index < -0.39 is 0 Å². The van der Waals surface area contributed by atoms with E-state index in [0.717, 1.165) is 57.3 Å². The number of nitrogens with one attached hydrogen (secondary N) is 2. The van der Waals surface area contributed by atoms with Gasteiger partial charge in [-0.2, -0.15) is 0 Å². The lowest BCUT2D eigenvalue weighted by atomic mass is 10.0. The van der Waals surface area contributed by atoms with E-state index in [1.165, 1.54) is 12.1 Å². The van der Waals surface area contributed by atoms with Crippen LogP contribution in [0.3, 0.4) is 0 Å². The maximum Gasteiger partial charge on any atom is 0.191 e. The van der Waals surface area contributed by atoms with Crippen LogP contribution >= 0.6 is 24.0 Å². The molecule has 0 aromatic heterocycles. The lowest BCUT2D eigenvalue weighted by Gasteiger charge is -2.35. The standard InChI is InChI=1S/C23H40FN5O.HI/c1-18(2)29(19(3)4)12-6-11-26-23(25-5)27-17-22(28-13-15-30-16-14-28)20-7-9-21(24)10-8-20;/h7-10,18-19,22H,6,11-17H2,1-5H3,(H2,25,26,27);1H. The maximum absolute atomic E-state index is 13.4. The SMILES string of the molecule is CN=C(NCCCN(C(C)C)C(C)C)NCC(c1ccc(F)cc1)N1CCOCC1.I. The molecule has 8 heteroatoms. The van der Waals surface area contributed by atoms with Gasteiger partial charge in [-0.3, -0.25) is 14.8 Å². The van der Waals surface area contributed by atoms with Crippen LogP contribution in [0.4, 0.5) is 4.39 Å². The number of benzene rings is 1. The number of halogens is 2. The summed E-state index contributed by atoms with van der Waals surface area (Å²) < 4.78 is 18.9. The predicted octanol–water partition coefficient (Wildman–Crippen LogP) is 3.49. The van der Waals surface area contributed by atoms with Crippen LogP contribution in [0.1, 0.15) is 45.7 Å². The van der Waals surface area contributed by atoms with E-state index in [0.29, 0.717) is 18.6 Å². The zero-order valence-electron chi connectivity index (χ0n) is 19.7. The number of aliphatic imine (C=N–C) groups is 1. The minimum Gasteiger partial charge on any atom is -0.379 e. The summed E-state index contributed by atoms with van der Waals surface area (Å²) in [7, 11) is 1.80. The average molecular weight is 550 g/mol. The topological polar surface area (TPSA) is 52.1 Å². The van der Waals surface area contributed by atoms with Crippen LogP contribution in [0.5, 0.6) is 0 Å². The second-order valence-corrected chi connectivity index (χ2v) is 8.37. The molecule has 1 unspecified atom stereocenters. The van der Waals surface area contributed by atoms with Crippen molar-refractivity contribution in [1.29, 1.82) is 0 Å². The number of hydrogen-bond acceptors (Lipinski definition) is 4. The molecule has 0 spiro atoms. The minimum absolute atomic E-state index is 0. The lowest BCUT2D eigenvalue weighted by Crippen LogP contribution is -2.46. The summed E-state index contributed by atoms with van der Waals surface area (Å²) in [4.78, 5) is 9.27. The molecule has 1 aromatic carbocycles. The smallest absolute Gasteiger partial charge is 0.191 e. The van der Waals surface area contributed by atoms with E-state index in [2.05, 4.69) is 53.1 Å². The molecule has 2 rings (SSSR count). The molecule has 0 radical (unpaired) electrons. The molecule has 1 aliphatic heterocycles. The maximum atomic E-state index is 13.4. The molecule has 6 nitrogen and oxygen atoms in total. The number of ether oxygens (including phenoxy) is 1. The molecule has 178 valence electrons. The third kappa shape index (κ3) is 9.59. The summed E-state index contributed by atoms with van der Waals surface area (Å²) in [6, 6.07) is 8.06. The van der Waals surface area contributed by atoms with Crippen molar-refractivity contribution >= 4 is 29.9 Å². The van der Waals surface area contributed by atoms with Gasteiger partial charge in [0.1, 0.15) is 5.82 Å². The molecule has 1 aromatic rings. The Balaban J connectivity index is 0.00000480. The van der Waals surface area contributed by atoms with Crippen molar-refractivity contribution in [2.45, 2.75) is 52.2 Å². The van der Waals surface area contributed by atoms with E-state index >= 15 is 0 Å². The third-order valence-corrected chi connectivity index (χ3v) is 5.64. The van der Waals surface area contributed by atoms with Crippen LogP contribution in [0.15, 0.2) is 29.3 Å². The van der Waals surface area contributed by atoms with Crippen molar-refractivity contribution in [3.05, 3.63) is 35.6 Å². The number of rotatable bonds is 10. The normalized spacial score (nSPS) is 16.5. The summed E-state index contributed by atoms with van der Waals surface area (Å²) in [5, 5.41) is 6.89. The van der Waals surface area contributed by atoms with E-state index in [1.807, 2.05) is 12.1 Å². The van der Waals surface area contributed by atoms with E-state index in [1.54, 1.807) is 7.05 Å². The first-order valence-corrected chi connectivity index (χ1v) is 11.2. The Hall–Kier alpha value is -0.970. The molecular weight excluding hydrogens is 508 g/mol. The third-order valence-electron chi connectivity index (χ3n) is 5.64. The Bertz CT molecular complexity index is 627. The van der Waals surface area contributed by atoms with Gasteiger partial charge in [0.25, 0.3) is 0 Å². The molecule has 0 aliphatic carbocycles. The molecule has 1 saturated heterocycles. The fourth-order valence-corrected chi connectivity index (χ4v) is 4.03. The van der Waals surface area contributed by atoms with Gasteiger partial charge in [0, 0.05) is 51.9 Å². The first kappa shape index (κ1) is 28.1. The quantitative estimate of drug-likeness (QED) is 0.203. The minimum atomic E-state index is -0.207. The molecule has 31 heavy (non-hydrogen) atoms. The Morgan fingerprint density at radius 3 is 2.26 bits per heavy atom. The molecule has 0 bridgehead atoms. The fraction of sp³-hybridized carbons (Fsp3) is 0.696. The summed E-state index contributed by atoms with van der Waals surface area (Å²) in [6.45, 7) is 14.8. The summed E-state index contributed by atoms with van der Waals surface area (Å²) in [5.74, 6) is 0.595. The van der Waals surface area contributed by atoms with Crippen LogP contribution < -0.4 is 10.6 Å². The van der Waals surface area contributed by atoms with Crippen molar-refractivity contribution in [2.24, 2.45) is 4.99 Å². The van der Waals surface area contributed by atoms with Crippen LogP contribution in [0.25, 0.3) is 0 Å². The fourth-order valence-electron chi connectivity index (χ4n) is 4.03. The van der Waals surface area contributed by atoms with Gasteiger partial charge < -0.3 is 15.4 Å². The Morgan fingerprint density at radius 2 is 1.71 bits per heavy atom. The highest BCUT2D eigenvalue weighted by Crippen LogP contribution is 2.21. The predicted molar refractivity (Wildman–Crippen MR) is 138 cm³/mol. The van der Waals surface area contributed by atoms with Crippen molar-refractivity contribution in [3.63, 3.8) is 0 Å².